The normalized spacial score (nSPS) is 29.2. The standard InChI is InChI=1S/C21H22N2/c1-15-9-7-8-12-19(15)22-16(2)20-13-14-21(23(20)17(22)3)18-10-5-4-6-11-18/h4-14,17,21H,1-3H3/i3D3,21D. The Morgan fingerprint density at radius 3 is 2.48 bits per heavy atom. The van der Waals surface area contributed by atoms with Gasteiger partial charge in [-0.25, -0.2) is 0 Å². The van der Waals surface area contributed by atoms with Gasteiger partial charge in [-0.15, -0.1) is 0 Å². The maximum Gasteiger partial charge on any atom is 0.104 e. The lowest BCUT2D eigenvalue weighted by Crippen LogP contribution is -2.38. The van der Waals surface area contributed by atoms with E-state index in [9.17, 15) is 1.37 Å². The van der Waals surface area contributed by atoms with Crippen molar-refractivity contribution >= 4 is 5.69 Å². The van der Waals surface area contributed by atoms with Crippen molar-refractivity contribution in [2.24, 2.45) is 0 Å². The second-order valence-electron chi connectivity index (χ2n) is 5.96. The number of hydrogen-bond donors (Lipinski definition) is 0. The third kappa shape index (κ3) is 2.09. The molecule has 0 spiro atoms. The van der Waals surface area contributed by atoms with Gasteiger partial charge in [-0.05, 0) is 44.0 Å². The summed E-state index contributed by atoms with van der Waals surface area (Å²) in [5.74, 6) is 0. The number of hydrogen-bond acceptors (Lipinski definition) is 2. The summed E-state index contributed by atoms with van der Waals surface area (Å²) in [6.45, 7) is 1.62. The van der Waals surface area contributed by atoms with Gasteiger partial charge in [0.15, 0.2) is 0 Å². The highest BCUT2D eigenvalue weighted by atomic mass is 15.4. The summed E-state index contributed by atoms with van der Waals surface area (Å²) >= 11 is 0. The Morgan fingerprint density at radius 1 is 1.00 bits per heavy atom. The molecule has 0 aliphatic carbocycles. The van der Waals surface area contributed by atoms with Crippen LogP contribution in [0, 0.1) is 6.92 Å². The first-order chi connectivity index (χ1) is 12.7. The third-order valence-electron chi connectivity index (χ3n) is 4.58. The van der Waals surface area contributed by atoms with Crippen LogP contribution in [0.2, 0.25) is 0 Å². The maximum atomic E-state index is 9.18. The predicted molar refractivity (Wildman–Crippen MR) is 96.0 cm³/mol. The molecule has 0 aromatic heterocycles. The van der Waals surface area contributed by atoms with Gasteiger partial charge in [0.25, 0.3) is 0 Å². The van der Waals surface area contributed by atoms with Gasteiger partial charge in [0.1, 0.15) is 6.17 Å². The molecule has 0 fully saturated rings. The first-order valence-electron chi connectivity index (χ1n) is 9.85. The molecule has 2 unspecified atom stereocenters. The van der Waals surface area contributed by atoms with E-state index in [4.69, 9.17) is 4.11 Å². The molecule has 2 aliphatic rings. The minimum atomic E-state index is -2.29. The Balaban J connectivity index is 1.91. The predicted octanol–water partition coefficient (Wildman–Crippen LogP) is 5.01. The van der Waals surface area contributed by atoms with Crippen molar-refractivity contribution in [1.82, 2.24) is 4.90 Å². The monoisotopic (exact) mass is 306 g/mol. The van der Waals surface area contributed by atoms with E-state index < -0.39 is 19.0 Å². The fourth-order valence-corrected chi connectivity index (χ4v) is 3.42. The van der Waals surface area contributed by atoms with Crippen LogP contribution in [0.15, 0.2) is 78.1 Å². The molecule has 0 radical (unpaired) electrons. The van der Waals surface area contributed by atoms with Crippen LogP contribution in [-0.4, -0.2) is 11.1 Å². The second-order valence-corrected chi connectivity index (χ2v) is 5.96. The Morgan fingerprint density at radius 2 is 1.74 bits per heavy atom. The quantitative estimate of drug-likeness (QED) is 0.770. The van der Waals surface area contributed by atoms with Gasteiger partial charge in [-0.1, -0.05) is 54.6 Å². The lowest BCUT2D eigenvalue weighted by Gasteiger charge is -2.35. The number of para-hydroxylation sites is 1. The zero-order chi connectivity index (χ0) is 19.4. The molecule has 23 heavy (non-hydrogen) atoms. The fraction of sp³-hybridized carbons (Fsp3) is 0.238. The van der Waals surface area contributed by atoms with E-state index in [1.165, 1.54) is 0 Å². The first kappa shape index (κ1) is 10.3. The number of allylic oxidation sites excluding steroid dienone is 2. The van der Waals surface area contributed by atoms with Gasteiger partial charge in [0.05, 0.1) is 13.1 Å². The molecule has 2 heteroatoms. The van der Waals surface area contributed by atoms with Crippen molar-refractivity contribution in [1.29, 1.82) is 0 Å². The number of fused-ring (bicyclic) bond motifs is 1. The molecular weight excluding hydrogens is 280 g/mol. The van der Waals surface area contributed by atoms with Crippen molar-refractivity contribution in [3.63, 3.8) is 0 Å². The highest BCUT2D eigenvalue weighted by Gasteiger charge is 2.39. The molecule has 2 aliphatic heterocycles. The lowest BCUT2D eigenvalue weighted by atomic mass is 10.1. The molecule has 0 N–H and O–H groups in total. The van der Waals surface area contributed by atoms with Crippen LogP contribution in [0.5, 0.6) is 0 Å². The van der Waals surface area contributed by atoms with Gasteiger partial charge in [0, 0.05) is 15.5 Å². The average molecular weight is 306 g/mol. The molecule has 4 rings (SSSR count). The fourth-order valence-electron chi connectivity index (χ4n) is 3.42. The van der Waals surface area contributed by atoms with Gasteiger partial charge < -0.3 is 9.80 Å². The third-order valence-corrected chi connectivity index (χ3v) is 4.58. The van der Waals surface area contributed by atoms with E-state index in [0.717, 1.165) is 28.2 Å². The van der Waals surface area contributed by atoms with E-state index in [2.05, 4.69) is 0 Å². The van der Waals surface area contributed by atoms with Crippen LogP contribution in [0.1, 0.15) is 36.4 Å². The minimum absolute atomic E-state index is 0.755. The summed E-state index contributed by atoms with van der Waals surface area (Å²) in [6.07, 6.45) is 2.72. The van der Waals surface area contributed by atoms with E-state index in [1.54, 1.807) is 11.0 Å². The van der Waals surface area contributed by atoms with Crippen LogP contribution < -0.4 is 4.90 Å². The van der Waals surface area contributed by atoms with Crippen molar-refractivity contribution in [2.45, 2.75) is 32.9 Å². The minimum Gasteiger partial charge on any atom is -0.339 e. The molecule has 0 saturated carbocycles. The second kappa shape index (κ2) is 5.31. The molecule has 116 valence electrons. The molecular formula is C21H22N2. The Hall–Kier alpha value is -2.48. The molecule has 0 amide bonds. The lowest BCUT2D eigenvalue weighted by molar-refractivity contribution is 0.272. The number of rotatable bonds is 2. The van der Waals surface area contributed by atoms with Crippen molar-refractivity contribution in [3.05, 3.63) is 89.3 Å². The van der Waals surface area contributed by atoms with Crippen LogP contribution >= 0.6 is 0 Å². The van der Waals surface area contributed by atoms with Crippen molar-refractivity contribution in [3.8, 4) is 0 Å². The summed E-state index contributed by atoms with van der Waals surface area (Å²) < 4.78 is 34.0. The van der Waals surface area contributed by atoms with Gasteiger partial charge in [-0.3, -0.25) is 0 Å². The zero-order valence-electron chi connectivity index (χ0n) is 17.3. The SMILES string of the molecule is [2H]C([2H])([2H])C1N(c2ccccc2C)C(C)=C2C=CC([2H])(c3ccccc3)N21. The Bertz CT molecular complexity index is 933. The highest BCUT2D eigenvalue weighted by molar-refractivity contribution is 5.62. The maximum absolute atomic E-state index is 9.18. The van der Waals surface area contributed by atoms with Crippen molar-refractivity contribution in [2.75, 3.05) is 4.90 Å². The van der Waals surface area contributed by atoms with E-state index in [-0.39, 0.29) is 0 Å². The number of anilines is 1. The number of benzene rings is 2. The molecule has 2 nitrogen and oxygen atoms in total. The van der Waals surface area contributed by atoms with Crippen LogP contribution in [0.4, 0.5) is 5.69 Å². The largest absolute Gasteiger partial charge is 0.339 e. The van der Waals surface area contributed by atoms with Crippen LogP contribution in [0.3, 0.4) is 0 Å². The van der Waals surface area contributed by atoms with Gasteiger partial charge >= 0.3 is 0 Å². The molecule has 0 saturated heterocycles. The van der Waals surface area contributed by atoms with E-state index >= 15 is 0 Å². The Labute approximate surface area is 144 Å². The van der Waals surface area contributed by atoms with Crippen LogP contribution in [-0.2, 0) is 0 Å². The molecule has 2 aromatic carbocycles. The molecule has 2 atom stereocenters. The average Bonchev–Trinajstić information content (AvgIpc) is 3.13. The summed E-state index contributed by atoms with van der Waals surface area (Å²) in [6, 6.07) is 16.0. The summed E-state index contributed by atoms with van der Waals surface area (Å²) in [4.78, 5) is 3.60. The molecule has 2 heterocycles. The van der Waals surface area contributed by atoms with Gasteiger partial charge in [-0.2, -0.15) is 0 Å². The summed E-state index contributed by atoms with van der Waals surface area (Å²) in [5, 5.41) is 0. The first-order valence-corrected chi connectivity index (χ1v) is 7.85. The van der Waals surface area contributed by atoms with E-state index in [1.807, 2.05) is 79.4 Å². The Kier molecular flexibility index (Phi) is 2.38. The van der Waals surface area contributed by atoms with Crippen LogP contribution in [0.25, 0.3) is 0 Å². The van der Waals surface area contributed by atoms with Crippen molar-refractivity contribution < 1.29 is 5.48 Å². The number of aryl methyl sites for hydroxylation is 1. The summed E-state index contributed by atoms with van der Waals surface area (Å²) in [5.41, 5.74) is 4.27. The molecule has 0 bridgehead atoms. The van der Waals surface area contributed by atoms with Gasteiger partial charge in [0.2, 0.25) is 0 Å². The van der Waals surface area contributed by atoms with E-state index in [0.29, 0.717) is 0 Å². The highest BCUT2D eigenvalue weighted by Crippen LogP contribution is 2.44. The molecule has 2 aromatic rings. The topological polar surface area (TPSA) is 6.48 Å². The number of nitrogens with zero attached hydrogens (tertiary/aromatic N) is 2. The smallest absolute Gasteiger partial charge is 0.104 e. The summed E-state index contributed by atoms with van der Waals surface area (Å²) in [7, 11) is 0. The zero-order valence-corrected chi connectivity index (χ0v) is 13.3.